The van der Waals surface area contributed by atoms with Crippen LogP contribution in [0.4, 0.5) is 0 Å². The van der Waals surface area contributed by atoms with Gasteiger partial charge in [-0.3, -0.25) is 4.98 Å². The van der Waals surface area contributed by atoms with Gasteiger partial charge in [0.15, 0.2) is 0 Å². The Morgan fingerprint density at radius 3 is 2.37 bits per heavy atom. The number of hydrogen-bond donors (Lipinski definition) is 2. The summed E-state index contributed by atoms with van der Waals surface area (Å²) >= 11 is 0. The van der Waals surface area contributed by atoms with Crippen molar-refractivity contribution in [1.82, 2.24) is 4.98 Å². The van der Waals surface area contributed by atoms with Crippen LogP contribution < -0.4 is 4.90 Å². The molecular formula is C27H27N2O+. The van der Waals surface area contributed by atoms with Crippen LogP contribution in [0.3, 0.4) is 0 Å². The number of fused-ring (bicyclic) bond motifs is 3. The molecule has 1 aliphatic heterocycles. The second kappa shape index (κ2) is 8.07. The van der Waals surface area contributed by atoms with Gasteiger partial charge in [-0.1, -0.05) is 60.5 Å². The van der Waals surface area contributed by atoms with Gasteiger partial charge in [0, 0.05) is 30.8 Å². The van der Waals surface area contributed by atoms with Gasteiger partial charge in [0.1, 0.15) is 18.2 Å². The summed E-state index contributed by atoms with van der Waals surface area (Å²) in [6, 6.07) is 21.0. The van der Waals surface area contributed by atoms with Crippen molar-refractivity contribution >= 4 is 0 Å². The number of aromatic nitrogens is 1. The monoisotopic (exact) mass is 395 g/mol. The zero-order valence-electron chi connectivity index (χ0n) is 17.1. The van der Waals surface area contributed by atoms with E-state index in [9.17, 15) is 5.11 Å². The first-order valence-corrected chi connectivity index (χ1v) is 10.9. The highest BCUT2D eigenvalue weighted by atomic mass is 16.3. The lowest BCUT2D eigenvalue weighted by molar-refractivity contribution is -0.930. The number of benzene rings is 2. The van der Waals surface area contributed by atoms with Crippen LogP contribution in [-0.4, -0.2) is 23.2 Å². The summed E-state index contributed by atoms with van der Waals surface area (Å²) in [5.74, 6) is 6.73. The van der Waals surface area contributed by atoms with Crippen molar-refractivity contribution in [2.24, 2.45) is 0 Å². The Morgan fingerprint density at radius 2 is 1.67 bits per heavy atom. The number of rotatable bonds is 3. The lowest BCUT2D eigenvalue weighted by atomic mass is 9.88. The van der Waals surface area contributed by atoms with E-state index in [1.807, 2.05) is 54.9 Å². The Bertz CT molecular complexity index is 1050. The van der Waals surface area contributed by atoms with Crippen molar-refractivity contribution < 1.29 is 10.0 Å². The molecule has 1 saturated heterocycles. The van der Waals surface area contributed by atoms with Gasteiger partial charge in [0.25, 0.3) is 0 Å². The fourth-order valence-electron chi connectivity index (χ4n) is 5.13. The third kappa shape index (κ3) is 3.33. The second-order valence-corrected chi connectivity index (χ2v) is 8.40. The summed E-state index contributed by atoms with van der Waals surface area (Å²) in [6.45, 7) is 1.95. The van der Waals surface area contributed by atoms with Gasteiger partial charge in [-0.25, -0.2) is 0 Å². The normalized spacial score (nSPS) is 21.2. The highest BCUT2D eigenvalue weighted by Crippen LogP contribution is 2.48. The molecule has 2 atom stereocenters. The number of quaternary nitrogens is 1. The number of pyridine rings is 1. The van der Waals surface area contributed by atoms with E-state index >= 15 is 0 Å². The van der Waals surface area contributed by atoms with E-state index in [0.717, 1.165) is 35.3 Å². The fourth-order valence-corrected chi connectivity index (χ4v) is 5.13. The summed E-state index contributed by atoms with van der Waals surface area (Å²) < 4.78 is 0. The predicted octanol–water partition coefficient (Wildman–Crippen LogP) is 3.50. The average Bonchev–Trinajstić information content (AvgIpc) is 3.07. The first-order valence-electron chi connectivity index (χ1n) is 10.9. The fraction of sp³-hybridized carbons (Fsp3) is 0.296. The third-order valence-electron chi connectivity index (χ3n) is 6.64. The van der Waals surface area contributed by atoms with Gasteiger partial charge in [0.2, 0.25) is 0 Å². The van der Waals surface area contributed by atoms with Crippen molar-refractivity contribution in [3.05, 3.63) is 89.7 Å². The Hall–Kier alpha value is -2.93. The van der Waals surface area contributed by atoms with E-state index in [2.05, 4.69) is 35.0 Å². The Morgan fingerprint density at radius 1 is 0.933 bits per heavy atom. The van der Waals surface area contributed by atoms with Crippen molar-refractivity contribution in [3.8, 4) is 23.0 Å². The van der Waals surface area contributed by atoms with Crippen LogP contribution in [0.15, 0.2) is 73.1 Å². The van der Waals surface area contributed by atoms with Gasteiger partial charge in [-0.05, 0) is 47.1 Å². The van der Waals surface area contributed by atoms with Crippen LogP contribution in [-0.2, 0) is 5.60 Å². The van der Waals surface area contributed by atoms with Crippen LogP contribution in [0.2, 0.25) is 0 Å². The molecule has 1 aliphatic carbocycles. The first-order chi connectivity index (χ1) is 14.8. The number of nitrogens with one attached hydrogen (secondary N) is 1. The maximum absolute atomic E-state index is 11.6. The number of likely N-dealkylation sites (tertiary alicyclic amines) is 1. The number of nitrogens with zero attached hydrogens (tertiary/aromatic N) is 1. The van der Waals surface area contributed by atoms with E-state index in [4.69, 9.17) is 0 Å². The topological polar surface area (TPSA) is 37.6 Å². The summed E-state index contributed by atoms with van der Waals surface area (Å²) in [6.07, 6.45) is 7.96. The second-order valence-electron chi connectivity index (χ2n) is 8.40. The molecule has 0 bridgehead atoms. The molecule has 0 spiro atoms. The molecule has 0 saturated carbocycles. The zero-order chi connectivity index (χ0) is 20.4. The predicted molar refractivity (Wildman–Crippen MR) is 119 cm³/mol. The van der Waals surface area contributed by atoms with E-state index < -0.39 is 5.60 Å². The van der Waals surface area contributed by atoms with Gasteiger partial charge in [-0.15, -0.1) is 0 Å². The lowest BCUT2D eigenvalue weighted by Gasteiger charge is -2.31. The SMILES string of the molecule is OC1(CC#CC[NH+]2CCCC[C@@H]2c2cccnc2)c2ccccc2-c2ccccc21. The minimum atomic E-state index is -1.03. The van der Waals surface area contributed by atoms with Crippen molar-refractivity contribution in [3.63, 3.8) is 0 Å². The van der Waals surface area contributed by atoms with Crippen LogP contribution in [0.1, 0.15) is 48.4 Å². The quantitative estimate of drug-likeness (QED) is 0.666. The molecule has 3 heteroatoms. The van der Waals surface area contributed by atoms with Crippen LogP contribution in [0.5, 0.6) is 0 Å². The van der Waals surface area contributed by atoms with Crippen molar-refractivity contribution in [2.75, 3.05) is 13.1 Å². The Balaban J connectivity index is 1.36. The summed E-state index contributed by atoms with van der Waals surface area (Å²) in [7, 11) is 0. The molecule has 30 heavy (non-hydrogen) atoms. The minimum absolute atomic E-state index is 0.422. The summed E-state index contributed by atoms with van der Waals surface area (Å²) in [4.78, 5) is 5.83. The lowest BCUT2D eigenvalue weighted by Crippen LogP contribution is -3.13. The molecule has 2 heterocycles. The maximum atomic E-state index is 11.6. The summed E-state index contributed by atoms with van der Waals surface area (Å²) in [5.41, 5.74) is 4.47. The molecule has 150 valence electrons. The average molecular weight is 396 g/mol. The van der Waals surface area contributed by atoms with E-state index in [0.29, 0.717) is 12.5 Å². The Labute approximate surface area is 178 Å². The molecule has 2 aromatic carbocycles. The molecule has 0 radical (unpaired) electrons. The number of piperidine rings is 1. The molecule has 2 aliphatic rings. The molecule has 0 amide bonds. The third-order valence-corrected chi connectivity index (χ3v) is 6.64. The first kappa shape index (κ1) is 19.1. The van der Waals surface area contributed by atoms with Gasteiger partial charge in [0.05, 0.1) is 6.54 Å². The molecule has 5 rings (SSSR count). The van der Waals surface area contributed by atoms with E-state index in [1.165, 1.54) is 29.7 Å². The molecule has 3 aromatic rings. The minimum Gasteiger partial charge on any atom is -0.379 e. The number of hydrogen-bond acceptors (Lipinski definition) is 2. The van der Waals surface area contributed by atoms with Crippen LogP contribution in [0, 0.1) is 11.8 Å². The molecule has 2 N–H and O–H groups in total. The molecule has 1 unspecified atom stereocenters. The van der Waals surface area contributed by atoms with Gasteiger partial charge < -0.3 is 10.0 Å². The maximum Gasteiger partial charge on any atom is 0.139 e. The number of aliphatic hydroxyl groups is 1. The molecule has 1 fully saturated rings. The standard InChI is InChI=1S/C27H26N2O/c30-27(24-13-3-1-11-22(24)23-12-2-4-14-25(23)27)16-6-8-19-29-18-7-5-15-26(29)21-10-9-17-28-20-21/h1-4,9-14,17,20,26,30H,5,7,15-16,18-19H2/p+1/t26-/m1/s1. The summed E-state index contributed by atoms with van der Waals surface area (Å²) in [5, 5.41) is 11.6. The van der Waals surface area contributed by atoms with Gasteiger partial charge in [-0.2, -0.15) is 0 Å². The van der Waals surface area contributed by atoms with Crippen molar-refractivity contribution in [1.29, 1.82) is 0 Å². The zero-order valence-corrected chi connectivity index (χ0v) is 17.1. The van der Waals surface area contributed by atoms with E-state index in [-0.39, 0.29) is 0 Å². The van der Waals surface area contributed by atoms with Crippen LogP contribution in [0.25, 0.3) is 11.1 Å². The highest BCUT2D eigenvalue weighted by Gasteiger charge is 2.40. The largest absolute Gasteiger partial charge is 0.379 e. The van der Waals surface area contributed by atoms with Gasteiger partial charge >= 0.3 is 0 Å². The molecular weight excluding hydrogens is 368 g/mol. The van der Waals surface area contributed by atoms with E-state index in [1.54, 1.807) is 0 Å². The molecule has 1 aromatic heterocycles. The Kier molecular flexibility index (Phi) is 5.12. The van der Waals surface area contributed by atoms with Crippen LogP contribution >= 0.6 is 0 Å². The smallest absolute Gasteiger partial charge is 0.139 e. The highest BCUT2D eigenvalue weighted by molar-refractivity contribution is 5.80. The molecule has 3 nitrogen and oxygen atoms in total. The van der Waals surface area contributed by atoms with Crippen molar-refractivity contribution in [2.45, 2.75) is 37.3 Å².